The minimum absolute atomic E-state index is 0.132. The Balaban J connectivity index is 3.38. The first-order chi connectivity index (χ1) is 8.69. The molecular weight excluding hydrogens is 402 g/mol. The molecule has 1 N–H and O–H groups in total. The normalized spacial score (nSPS) is 11.5. The van der Waals surface area contributed by atoms with Crippen LogP contribution in [-0.2, 0) is 14.8 Å². The van der Waals surface area contributed by atoms with Gasteiger partial charge in [0, 0.05) is 8.95 Å². The number of ether oxygens (including phenoxy) is 1. The third kappa shape index (κ3) is 3.93. The van der Waals surface area contributed by atoms with Crippen LogP contribution >= 0.6 is 31.9 Å². The molecule has 0 aliphatic carbocycles. The summed E-state index contributed by atoms with van der Waals surface area (Å²) in [6.45, 7) is 3.10. The number of halogens is 2. The fourth-order valence-electron chi connectivity index (χ4n) is 1.21. The maximum Gasteiger partial charge on any atom is 0.340 e. The number of esters is 1. The highest BCUT2D eigenvalue weighted by molar-refractivity contribution is 9.11. The molecule has 0 aromatic heterocycles. The molecule has 0 radical (unpaired) electrons. The van der Waals surface area contributed by atoms with E-state index in [-0.39, 0.29) is 11.3 Å². The van der Waals surface area contributed by atoms with Crippen molar-refractivity contribution in [3.8, 4) is 0 Å². The molecule has 1 rings (SSSR count). The number of rotatable bonds is 4. The lowest BCUT2D eigenvalue weighted by molar-refractivity contribution is 0.0602. The number of carbonyl (C=O) groups excluding carboxylic acids is 1. The summed E-state index contributed by atoms with van der Waals surface area (Å²) in [4.78, 5) is 11.7. The zero-order valence-electron chi connectivity index (χ0n) is 10.5. The van der Waals surface area contributed by atoms with Crippen molar-refractivity contribution in [2.45, 2.75) is 19.1 Å². The second-order valence-electron chi connectivity index (χ2n) is 4.00. The molecule has 106 valence electrons. The summed E-state index contributed by atoms with van der Waals surface area (Å²) >= 11 is 6.47. The van der Waals surface area contributed by atoms with Gasteiger partial charge in [-0.2, -0.15) is 0 Å². The van der Waals surface area contributed by atoms with Gasteiger partial charge in [0.2, 0.25) is 10.0 Å². The highest BCUT2D eigenvalue weighted by atomic mass is 79.9. The van der Waals surface area contributed by atoms with Gasteiger partial charge in [0.1, 0.15) is 0 Å². The average Bonchev–Trinajstić information content (AvgIpc) is 2.31. The van der Waals surface area contributed by atoms with Gasteiger partial charge in [-0.1, -0.05) is 15.9 Å². The van der Waals surface area contributed by atoms with Crippen LogP contribution < -0.4 is 4.72 Å². The van der Waals surface area contributed by atoms with Gasteiger partial charge in [0.25, 0.3) is 0 Å². The summed E-state index contributed by atoms with van der Waals surface area (Å²) in [7, 11) is -2.32. The lowest BCUT2D eigenvalue weighted by atomic mass is 10.2. The van der Waals surface area contributed by atoms with Crippen LogP contribution in [0, 0.1) is 0 Å². The van der Waals surface area contributed by atoms with E-state index in [1.54, 1.807) is 19.9 Å². The van der Waals surface area contributed by atoms with E-state index >= 15 is 0 Å². The number of carbonyl (C=O) groups is 1. The molecular formula is C11H13Br2NO4S. The van der Waals surface area contributed by atoms with E-state index in [0.717, 1.165) is 0 Å². The van der Waals surface area contributed by atoms with Crippen LogP contribution in [0.15, 0.2) is 21.1 Å². The highest BCUT2D eigenvalue weighted by Crippen LogP contribution is 2.32. The first-order valence-electron chi connectivity index (χ1n) is 5.28. The van der Waals surface area contributed by atoms with Gasteiger partial charge in [-0.3, -0.25) is 4.72 Å². The molecule has 0 unspecified atom stereocenters. The molecule has 0 saturated carbocycles. The Morgan fingerprint density at radius 3 is 2.37 bits per heavy atom. The molecule has 1 aromatic rings. The van der Waals surface area contributed by atoms with Crippen molar-refractivity contribution in [2.24, 2.45) is 0 Å². The van der Waals surface area contributed by atoms with Crippen LogP contribution in [0.4, 0.5) is 5.69 Å². The van der Waals surface area contributed by atoms with E-state index in [1.165, 1.54) is 13.2 Å². The van der Waals surface area contributed by atoms with Crippen molar-refractivity contribution in [3.05, 3.63) is 26.6 Å². The molecule has 0 fully saturated rings. The number of anilines is 1. The molecule has 8 heteroatoms. The monoisotopic (exact) mass is 413 g/mol. The minimum Gasteiger partial charge on any atom is -0.465 e. The Morgan fingerprint density at radius 2 is 1.89 bits per heavy atom. The minimum atomic E-state index is -3.55. The second kappa shape index (κ2) is 6.23. The quantitative estimate of drug-likeness (QED) is 0.768. The fourth-order valence-corrected chi connectivity index (χ4v) is 3.40. The van der Waals surface area contributed by atoms with E-state index in [1.807, 2.05) is 0 Å². The van der Waals surface area contributed by atoms with Crippen LogP contribution in [0.1, 0.15) is 24.2 Å². The molecule has 19 heavy (non-hydrogen) atoms. The smallest absolute Gasteiger partial charge is 0.340 e. The van der Waals surface area contributed by atoms with E-state index < -0.39 is 21.2 Å². The zero-order valence-corrected chi connectivity index (χ0v) is 14.5. The third-order valence-corrected chi connectivity index (χ3v) is 5.14. The molecule has 1 aromatic carbocycles. The SMILES string of the molecule is COC(=O)c1cc(Br)cc(Br)c1NS(=O)(=O)C(C)C. The molecule has 0 atom stereocenters. The van der Waals surface area contributed by atoms with Crippen LogP contribution in [0.3, 0.4) is 0 Å². The van der Waals surface area contributed by atoms with Crippen molar-refractivity contribution in [1.29, 1.82) is 0 Å². The Hall–Kier alpha value is -0.600. The Bertz CT molecular complexity index is 599. The van der Waals surface area contributed by atoms with Gasteiger partial charge in [0.15, 0.2) is 0 Å². The molecule has 0 saturated heterocycles. The van der Waals surface area contributed by atoms with Gasteiger partial charge in [-0.25, -0.2) is 13.2 Å². The van der Waals surface area contributed by atoms with E-state index in [9.17, 15) is 13.2 Å². The van der Waals surface area contributed by atoms with Crippen molar-refractivity contribution >= 4 is 53.5 Å². The van der Waals surface area contributed by atoms with Gasteiger partial charge < -0.3 is 4.74 Å². The van der Waals surface area contributed by atoms with Gasteiger partial charge in [0.05, 0.1) is 23.6 Å². The number of sulfonamides is 1. The number of hydrogen-bond donors (Lipinski definition) is 1. The van der Waals surface area contributed by atoms with Crippen LogP contribution in [0.5, 0.6) is 0 Å². The summed E-state index contributed by atoms with van der Waals surface area (Å²) in [5.41, 5.74) is 0.303. The standard InChI is InChI=1S/C11H13Br2NO4S/c1-6(2)19(16,17)14-10-8(11(15)18-3)4-7(12)5-9(10)13/h4-6,14H,1-3H3. The number of hydrogen-bond acceptors (Lipinski definition) is 4. The topological polar surface area (TPSA) is 72.5 Å². The highest BCUT2D eigenvalue weighted by Gasteiger charge is 2.22. The van der Waals surface area contributed by atoms with Gasteiger partial charge in [-0.15, -0.1) is 0 Å². The predicted octanol–water partition coefficient (Wildman–Crippen LogP) is 3.15. The maximum atomic E-state index is 11.9. The second-order valence-corrected chi connectivity index (χ2v) is 8.00. The predicted molar refractivity (Wildman–Crippen MR) is 80.9 cm³/mol. The molecule has 0 spiro atoms. The largest absolute Gasteiger partial charge is 0.465 e. The van der Waals surface area contributed by atoms with Crippen LogP contribution in [0.2, 0.25) is 0 Å². The first-order valence-corrected chi connectivity index (χ1v) is 8.41. The summed E-state index contributed by atoms with van der Waals surface area (Å²) in [6, 6.07) is 3.14. The zero-order chi connectivity index (χ0) is 14.8. The Labute approximate surface area is 129 Å². The number of methoxy groups -OCH3 is 1. The molecule has 0 bridgehead atoms. The molecule has 0 aliphatic rings. The summed E-state index contributed by atoms with van der Waals surface area (Å²) in [5.74, 6) is -0.622. The molecule has 0 aliphatic heterocycles. The summed E-state index contributed by atoms with van der Waals surface area (Å²) in [6.07, 6.45) is 0. The lowest BCUT2D eigenvalue weighted by Gasteiger charge is -2.15. The van der Waals surface area contributed by atoms with Crippen molar-refractivity contribution in [2.75, 3.05) is 11.8 Å². The third-order valence-electron chi connectivity index (χ3n) is 2.33. The van der Waals surface area contributed by atoms with Crippen molar-refractivity contribution < 1.29 is 17.9 Å². The Kier molecular flexibility index (Phi) is 5.40. The maximum absolute atomic E-state index is 11.9. The van der Waals surface area contributed by atoms with E-state index in [0.29, 0.717) is 8.95 Å². The molecule has 0 amide bonds. The van der Waals surface area contributed by atoms with Crippen molar-refractivity contribution in [1.82, 2.24) is 0 Å². The fraction of sp³-hybridized carbons (Fsp3) is 0.364. The summed E-state index contributed by atoms with van der Waals surface area (Å²) in [5, 5.41) is -0.617. The lowest BCUT2D eigenvalue weighted by Crippen LogP contribution is -2.24. The van der Waals surface area contributed by atoms with Gasteiger partial charge in [-0.05, 0) is 41.9 Å². The first kappa shape index (κ1) is 16.5. The van der Waals surface area contributed by atoms with E-state index in [2.05, 4.69) is 41.3 Å². The molecule has 5 nitrogen and oxygen atoms in total. The average molecular weight is 415 g/mol. The number of nitrogens with one attached hydrogen (secondary N) is 1. The number of benzene rings is 1. The molecule has 0 heterocycles. The van der Waals surface area contributed by atoms with Crippen molar-refractivity contribution in [3.63, 3.8) is 0 Å². The van der Waals surface area contributed by atoms with Crippen LogP contribution in [0.25, 0.3) is 0 Å². The summed E-state index contributed by atoms with van der Waals surface area (Å²) < 4.78 is 31.9. The Morgan fingerprint density at radius 1 is 1.32 bits per heavy atom. The van der Waals surface area contributed by atoms with Crippen LogP contribution in [-0.4, -0.2) is 26.7 Å². The van der Waals surface area contributed by atoms with E-state index in [4.69, 9.17) is 0 Å². The van der Waals surface area contributed by atoms with Gasteiger partial charge >= 0.3 is 5.97 Å².